The number of carboxylic acids is 1. The molecule has 3 rings (SSSR count). The quantitative estimate of drug-likeness (QED) is 0.322. The molecule has 0 spiro atoms. The highest BCUT2D eigenvalue weighted by molar-refractivity contribution is 5.73. The molecule has 2 unspecified atom stereocenters. The second-order valence-corrected chi connectivity index (χ2v) is 9.21. The van der Waals surface area contributed by atoms with Crippen LogP contribution in [0, 0.1) is 11.8 Å². The van der Waals surface area contributed by atoms with Gasteiger partial charge in [-0.3, -0.25) is 0 Å². The van der Waals surface area contributed by atoms with Crippen molar-refractivity contribution in [3.8, 4) is 23.0 Å². The van der Waals surface area contributed by atoms with Crippen LogP contribution >= 0.6 is 0 Å². The van der Waals surface area contributed by atoms with Crippen LogP contribution in [0.4, 0.5) is 0 Å². The Morgan fingerprint density at radius 3 is 1.94 bits per heavy atom. The van der Waals surface area contributed by atoms with Crippen LogP contribution in [0.2, 0.25) is 0 Å². The molecule has 1 saturated heterocycles. The molecule has 5 N–H and O–H groups in total. The van der Waals surface area contributed by atoms with Gasteiger partial charge in [0, 0.05) is 0 Å². The van der Waals surface area contributed by atoms with Crippen molar-refractivity contribution in [3.05, 3.63) is 47.5 Å². The summed E-state index contributed by atoms with van der Waals surface area (Å²) >= 11 is 0. The van der Waals surface area contributed by atoms with E-state index in [4.69, 9.17) is 18.9 Å². The summed E-state index contributed by atoms with van der Waals surface area (Å²) in [7, 11) is 2.96. The first-order chi connectivity index (χ1) is 17.0. The number of rotatable bonds is 10. The number of aliphatic hydroxyl groups is 3. The van der Waals surface area contributed by atoms with Crippen molar-refractivity contribution in [2.45, 2.75) is 57.4 Å². The van der Waals surface area contributed by atoms with Gasteiger partial charge in [-0.1, -0.05) is 26.0 Å². The molecular weight excluding hydrogens is 472 g/mol. The van der Waals surface area contributed by atoms with E-state index in [0.717, 1.165) is 24.0 Å². The van der Waals surface area contributed by atoms with Crippen molar-refractivity contribution in [2.75, 3.05) is 14.2 Å². The topological polar surface area (TPSA) is 155 Å². The molecule has 1 aliphatic heterocycles. The van der Waals surface area contributed by atoms with Crippen LogP contribution in [-0.2, 0) is 22.4 Å². The molecule has 0 aromatic heterocycles. The highest BCUT2D eigenvalue weighted by Gasteiger charge is 2.48. The average Bonchev–Trinajstić information content (AvgIpc) is 2.84. The molecule has 0 radical (unpaired) electrons. The predicted molar refractivity (Wildman–Crippen MR) is 128 cm³/mol. The molecule has 36 heavy (non-hydrogen) atoms. The van der Waals surface area contributed by atoms with Gasteiger partial charge in [-0.2, -0.15) is 0 Å². The fourth-order valence-corrected chi connectivity index (χ4v) is 4.22. The van der Waals surface area contributed by atoms with Crippen molar-refractivity contribution >= 4 is 5.97 Å². The Labute approximate surface area is 209 Å². The molecule has 0 aliphatic carbocycles. The van der Waals surface area contributed by atoms with Gasteiger partial charge in [0.1, 0.15) is 18.3 Å². The van der Waals surface area contributed by atoms with Gasteiger partial charge in [0.15, 0.2) is 29.1 Å². The minimum absolute atomic E-state index is 0.110. The molecule has 0 amide bonds. The van der Waals surface area contributed by atoms with E-state index in [9.17, 15) is 30.3 Å². The summed E-state index contributed by atoms with van der Waals surface area (Å²) in [5.74, 6) is 0.164. The zero-order valence-corrected chi connectivity index (χ0v) is 20.7. The van der Waals surface area contributed by atoms with Crippen LogP contribution in [-0.4, -0.2) is 76.4 Å². The average molecular weight is 507 g/mol. The van der Waals surface area contributed by atoms with E-state index in [2.05, 4.69) is 13.8 Å². The van der Waals surface area contributed by atoms with Crippen LogP contribution in [0.25, 0.3) is 0 Å². The SMILES string of the molecule is COc1ccc(CC(C)C(C)Cc2ccc(O[C@@H]3O[C@H](C(=O)O)[C@@H](O)[C@H](O)[C@H]3O)c(OC)c2)cc1O. The summed E-state index contributed by atoms with van der Waals surface area (Å²) in [6.07, 6.45) is -7.01. The third-order valence-electron chi connectivity index (χ3n) is 6.61. The number of carbonyl (C=O) groups is 1. The van der Waals surface area contributed by atoms with Crippen molar-refractivity contribution in [3.63, 3.8) is 0 Å². The summed E-state index contributed by atoms with van der Waals surface area (Å²) in [4.78, 5) is 11.3. The Hall–Kier alpha value is -3.05. The molecule has 10 nitrogen and oxygen atoms in total. The smallest absolute Gasteiger partial charge is 0.335 e. The lowest BCUT2D eigenvalue weighted by Gasteiger charge is -2.38. The number of methoxy groups -OCH3 is 2. The zero-order chi connectivity index (χ0) is 26.6. The van der Waals surface area contributed by atoms with Crippen molar-refractivity contribution in [2.24, 2.45) is 11.8 Å². The first-order valence-corrected chi connectivity index (χ1v) is 11.7. The molecule has 0 saturated carbocycles. The molecular formula is C26H34O10. The number of phenols is 1. The van der Waals surface area contributed by atoms with E-state index in [1.165, 1.54) is 14.2 Å². The second-order valence-electron chi connectivity index (χ2n) is 9.21. The molecule has 198 valence electrons. The van der Waals surface area contributed by atoms with Gasteiger partial charge in [-0.15, -0.1) is 0 Å². The number of aliphatic carboxylic acids is 1. The van der Waals surface area contributed by atoms with Gasteiger partial charge < -0.3 is 44.5 Å². The summed E-state index contributed by atoms with van der Waals surface area (Å²) in [6, 6.07) is 10.6. The molecule has 10 heteroatoms. The Balaban J connectivity index is 1.67. The number of hydrogen-bond donors (Lipinski definition) is 5. The summed E-state index contributed by atoms with van der Waals surface area (Å²) < 4.78 is 21.4. The van der Waals surface area contributed by atoms with Gasteiger partial charge in [0.25, 0.3) is 0 Å². The third kappa shape index (κ3) is 6.19. The van der Waals surface area contributed by atoms with Gasteiger partial charge >= 0.3 is 5.97 Å². The van der Waals surface area contributed by atoms with E-state index < -0.39 is 36.7 Å². The molecule has 0 bridgehead atoms. The maximum Gasteiger partial charge on any atom is 0.335 e. The lowest BCUT2D eigenvalue weighted by atomic mass is 9.85. The van der Waals surface area contributed by atoms with Gasteiger partial charge in [0.2, 0.25) is 6.29 Å². The summed E-state index contributed by atoms with van der Waals surface area (Å²) in [5, 5.41) is 49.3. The Kier molecular flexibility index (Phi) is 9.02. The Morgan fingerprint density at radius 1 is 0.861 bits per heavy atom. The van der Waals surface area contributed by atoms with Crippen molar-refractivity contribution < 1.29 is 49.3 Å². The lowest BCUT2D eigenvalue weighted by Crippen LogP contribution is -2.61. The van der Waals surface area contributed by atoms with E-state index in [1.807, 2.05) is 12.1 Å². The largest absolute Gasteiger partial charge is 0.504 e. The predicted octanol–water partition coefficient (Wildman–Crippen LogP) is 1.74. The van der Waals surface area contributed by atoms with Crippen LogP contribution < -0.4 is 14.2 Å². The van der Waals surface area contributed by atoms with Crippen LogP contribution in [0.1, 0.15) is 25.0 Å². The maximum atomic E-state index is 11.3. The summed E-state index contributed by atoms with van der Waals surface area (Å²) in [5.41, 5.74) is 1.98. The Morgan fingerprint density at radius 2 is 1.42 bits per heavy atom. The van der Waals surface area contributed by atoms with E-state index >= 15 is 0 Å². The maximum absolute atomic E-state index is 11.3. The highest BCUT2D eigenvalue weighted by Crippen LogP contribution is 2.34. The third-order valence-corrected chi connectivity index (χ3v) is 6.61. The number of phenolic OH excluding ortho intramolecular Hbond substituents is 1. The molecule has 2 aromatic carbocycles. The van der Waals surface area contributed by atoms with Crippen molar-refractivity contribution in [1.82, 2.24) is 0 Å². The number of ether oxygens (including phenoxy) is 4. The first-order valence-electron chi connectivity index (χ1n) is 11.7. The highest BCUT2D eigenvalue weighted by atomic mass is 16.7. The van der Waals surface area contributed by atoms with E-state index in [0.29, 0.717) is 17.4 Å². The van der Waals surface area contributed by atoms with Crippen LogP contribution in [0.3, 0.4) is 0 Å². The Bertz CT molecular complexity index is 1040. The minimum Gasteiger partial charge on any atom is -0.504 e. The van der Waals surface area contributed by atoms with E-state index in [1.54, 1.807) is 24.3 Å². The van der Waals surface area contributed by atoms with E-state index in [-0.39, 0.29) is 17.4 Å². The molecule has 1 fully saturated rings. The van der Waals surface area contributed by atoms with Crippen LogP contribution in [0.5, 0.6) is 23.0 Å². The number of aromatic hydroxyl groups is 1. The first kappa shape index (κ1) is 27.5. The number of hydrogen-bond acceptors (Lipinski definition) is 9. The van der Waals surface area contributed by atoms with Gasteiger partial charge in [-0.05, 0) is 60.1 Å². The fourth-order valence-electron chi connectivity index (χ4n) is 4.22. The van der Waals surface area contributed by atoms with Gasteiger partial charge in [0.05, 0.1) is 14.2 Å². The number of aliphatic hydroxyl groups excluding tert-OH is 3. The summed E-state index contributed by atoms with van der Waals surface area (Å²) in [6.45, 7) is 4.27. The van der Waals surface area contributed by atoms with Gasteiger partial charge in [-0.25, -0.2) is 4.79 Å². The standard InChI is InChI=1S/C26H34O10/c1-13(9-15-5-7-18(33-3)17(27)11-15)14(2)10-16-6-8-19(20(12-16)34-4)35-26-23(30)21(28)22(29)24(36-26)25(31)32/h5-8,11-14,21-24,26-30H,9-10H2,1-4H3,(H,31,32)/t13?,14?,21-,22-,23+,24-,26+/m0/s1. The fraction of sp³-hybridized carbons (Fsp3) is 0.500. The second kappa shape index (κ2) is 11.8. The molecule has 1 heterocycles. The minimum atomic E-state index is -1.80. The molecule has 7 atom stereocenters. The zero-order valence-electron chi connectivity index (χ0n) is 20.7. The number of carboxylic acid groups (broad SMARTS) is 1. The van der Waals surface area contributed by atoms with Crippen LogP contribution in [0.15, 0.2) is 36.4 Å². The normalized spacial score (nSPS) is 25.6. The monoisotopic (exact) mass is 506 g/mol. The molecule has 2 aromatic rings. The molecule has 1 aliphatic rings. The van der Waals surface area contributed by atoms with Crippen molar-refractivity contribution in [1.29, 1.82) is 0 Å². The number of benzene rings is 2. The lowest BCUT2D eigenvalue weighted by molar-refractivity contribution is -0.271.